The van der Waals surface area contributed by atoms with Crippen molar-refractivity contribution >= 4 is 29.0 Å². The van der Waals surface area contributed by atoms with Gasteiger partial charge >= 0.3 is 0 Å². The van der Waals surface area contributed by atoms with Crippen molar-refractivity contribution in [2.45, 2.75) is 18.9 Å². The quantitative estimate of drug-likeness (QED) is 0.880. The molecule has 4 nitrogen and oxygen atoms in total. The van der Waals surface area contributed by atoms with Crippen LogP contribution in [-0.2, 0) is 10.4 Å². The molecule has 1 aliphatic heterocycles. The molecular formula is C18H16ClNO3. The molecule has 1 unspecified atom stereocenters. The zero-order valence-electron chi connectivity index (χ0n) is 12.8. The van der Waals surface area contributed by atoms with Crippen LogP contribution in [0.4, 0.5) is 5.69 Å². The van der Waals surface area contributed by atoms with Gasteiger partial charge in [0.2, 0.25) is 0 Å². The van der Waals surface area contributed by atoms with Crippen LogP contribution in [0.25, 0.3) is 0 Å². The fourth-order valence-electron chi connectivity index (χ4n) is 2.88. The first kappa shape index (κ1) is 15.7. The first-order valence-electron chi connectivity index (χ1n) is 7.23. The van der Waals surface area contributed by atoms with Crippen LogP contribution in [-0.4, -0.2) is 23.8 Å². The summed E-state index contributed by atoms with van der Waals surface area (Å²) in [5.41, 5.74) is 0.567. The third kappa shape index (κ3) is 2.54. The molecule has 1 aliphatic rings. The molecular weight excluding hydrogens is 314 g/mol. The number of carbonyl (C=O) groups is 2. The number of anilines is 1. The number of hydrogen-bond acceptors (Lipinski definition) is 3. The lowest BCUT2D eigenvalue weighted by atomic mass is 9.88. The Bertz CT molecular complexity index is 800. The normalized spacial score (nSPS) is 19.8. The predicted octanol–water partition coefficient (Wildman–Crippen LogP) is 3.09. The van der Waals surface area contributed by atoms with Crippen LogP contribution in [0.3, 0.4) is 0 Å². The van der Waals surface area contributed by atoms with Gasteiger partial charge in [0.1, 0.15) is 0 Å². The Labute approximate surface area is 139 Å². The second-order valence-electron chi connectivity index (χ2n) is 5.85. The van der Waals surface area contributed by atoms with Crippen molar-refractivity contribution in [1.29, 1.82) is 0 Å². The number of rotatable bonds is 3. The second-order valence-corrected chi connectivity index (χ2v) is 6.29. The van der Waals surface area contributed by atoms with Crippen molar-refractivity contribution in [3.63, 3.8) is 0 Å². The molecule has 0 aliphatic carbocycles. The molecule has 3 rings (SSSR count). The summed E-state index contributed by atoms with van der Waals surface area (Å²) >= 11 is 5.99. The molecule has 2 aromatic carbocycles. The minimum Gasteiger partial charge on any atom is -0.375 e. The third-order valence-corrected chi connectivity index (χ3v) is 4.45. The molecule has 118 valence electrons. The first-order chi connectivity index (χ1) is 10.8. The fraction of sp³-hybridized carbons (Fsp3) is 0.222. The van der Waals surface area contributed by atoms with E-state index in [0.717, 1.165) is 5.56 Å². The van der Waals surface area contributed by atoms with Crippen molar-refractivity contribution in [3.8, 4) is 0 Å². The summed E-state index contributed by atoms with van der Waals surface area (Å²) in [5, 5.41) is 11.3. The molecule has 1 atom stereocenters. The van der Waals surface area contributed by atoms with Gasteiger partial charge in [0.25, 0.3) is 5.91 Å². The van der Waals surface area contributed by atoms with Gasteiger partial charge in [-0.2, -0.15) is 0 Å². The number of fused-ring (bicyclic) bond motifs is 1. The highest BCUT2D eigenvalue weighted by Crippen LogP contribution is 2.43. The van der Waals surface area contributed by atoms with Crippen LogP contribution in [0.2, 0.25) is 5.02 Å². The van der Waals surface area contributed by atoms with E-state index in [1.54, 1.807) is 37.4 Å². The summed E-state index contributed by atoms with van der Waals surface area (Å²) < 4.78 is 0. The number of hydrogen-bond donors (Lipinski definition) is 1. The molecule has 0 spiro atoms. The molecule has 1 amide bonds. The molecule has 0 bridgehead atoms. The minimum absolute atomic E-state index is 0.290. The molecule has 0 radical (unpaired) electrons. The molecule has 0 saturated heterocycles. The Hall–Kier alpha value is -2.17. The number of benzene rings is 2. The summed E-state index contributed by atoms with van der Waals surface area (Å²) in [6, 6.07) is 11.9. The van der Waals surface area contributed by atoms with Gasteiger partial charge in [0, 0.05) is 23.2 Å². The molecule has 23 heavy (non-hydrogen) atoms. The summed E-state index contributed by atoms with van der Waals surface area (Å²) in [5.74, 6) is -0.808. The van der Waals surface area contributed by atoms with Gasteiger partial charge in [-0.15, -0.1) is 0 Å². The fourth-order valence-corrected chi connectivity index (χ4v) is 3.05. The van der Waals surface area contributed by atoms with Crippen molar-refractivity contribution in [2.24, 2.45) is 0 Å². The Morgan fingerprint density at radius 2 is 1.87 bits per heavy atom. The topological polar surface area (TPSA) is 57.6 Å². The van der Waals surface area contributed by atoms with E-state index < -0.39 is 11.5 Å². The maximum Gasteiger partial charge on any atom is 0.263 e. The van der Waals surface area contributed by atoms with E-state index in [2.05, 4.69) is 0 Å². The molecule has 1 heterocycles. The molecule has 0 fully saturated rings. The Kier molecular flexibility index (Phi) is 3.74. The van der Waals surface area contributed by atoms with Crippen molar-refractivity contribution in [2.75, 3.05) is 11.9 Å². The first-order valence-corrected chi connectivity index (χ1v) is 7.61. The van der Waals surface area contributed by atoms with E-state index in [4.69, 9.17) is 11.6 Å². The smallest absolute Gasteiger partial charge is 0.263 e. The van der Waals surface area contributed by atoms with Crippen LogP contribution in [0.15, 0.2) is 42.5 Å². The largest absolute Gasteiger partial charge is 0.375 e. The Morgan fingerprint density at radius 3 is 2.52 bits per heavy atom. The number of amides is 1. The summed E-state index contributed by atoms with van der Waals surface area (Å²) in [4.78, 5) is 26.4. The van der Waals surface area contributed by atoms with Gasteiger partial charge in [-0.3, -0.25) is 9.59 Å². The van der Waals surface area contributed by atoms with Crippen molar-refractivity contribution in [1.82, 2.24) is 0 Å². The van der Waals surface area contributed by atoms with Crippen molar-refractivity contribution in [3.05, 3.63) is 64.2 Å². The highest BCUT2D eigenvalue weighted by molar-refractivity contribution is 6.31. The molecule has 5 heteroatoms. The zero-order chi connectivity index (χ0) is 16.8. The second kappa shape index (κ2) is 5.48. The lowest BCUT2D eigenvalue weighted by Crippen LogP contribution is -2.40. The lowest BCUT2D eigenvalue weighted by Gasteiger charge is -2.21. The number of nitrogens with zero attached hydrogens (tertiary/aromatic N) is 1. The van der Waals surface area contributed by atoms with Gasteiger partial charge in [-0.25, -0.2) is 0 Å². The van der Waals surface area contributed by atoms with Gasteiger partial charge in [0.15, 0.2) is 11.4 Å². The van der Waals surface area contributed by atoms with Crippen LogP contribution in [0.5, 0.6) is 0 Å². The standard InChI is InChI=1S/C18H16ClNO3/c1-11-3-5-12(6-4-11)16(21)10-18(23)14-9-13(19)7-8-15(14)20(2)17(18)22/h3-9,23H,10H2,1-2H3. The number of likely N-dealkylation sites (N-methyl/N-ethyl adjacent to an activating group) is 1. The van der Waals surface area contributed by atoms with E-state index in [-0.39, 0.29) is 12.2 Å². The molecule has 0 aromatic heterocycles. The summed E-state index contributed by atoms with van der Waals surface area (Å²) in [7, 11) is 1.57. The highest BCUT2D eigenvalue weighted by Gasteiger charge is 2.49. The number of carbonyl (C=O) groups excluding carboxylic acids is 2. The minimum atomic E-state index is -1.88. The average molecular weight is 330 g/mol. The van der Waals surface area contributed by atoms with E-state index in [9.17, 15) is 14.7 Å². The van der Waals surface area contributed by atoms with E-state index in [0.29, 0.717) is 21.8 Å². The number of aryl methyl sites for hydroxylation is 1. The summed E-state index contributed by atoms with van der Waals surface area (Å²) in [6.07, 6.45) is -0.313. The van der Waals surface area contributed by atoms with Crippen LogP contribution in [0, 0.1) is 6.92 Å². The average Bonchev–Trinajstić information content (AvgIpc) is 2.70. The monoisotopic (exact) mass is 329 g/mol. The number of aliphatic hydroxyl groups is 1. The third-order valence-electron chi connectivity index (χ3n) is 4.21. The van der Waals surface area contributed by atoms with E-state index >= 15 is 0 Å². The van der Waals surface area contributed by atoms with Crippen LogP contribution < -0.4 is 4.90 Å². The van der Waals surface area contributed by atoms with Crippen LogP contribution >= 0.6 is 11.6 Å². The van der Waals surface area contributed by atoms with Gasteiger partial charge in [-0.1, -0.05) is 41.4 Å². The number of ketones is 1. The molecule has 1 N–H and O–H groups in total. The maximum absolute atomic E-state index is 12.5. The van der Waals surface area contributed by atoms with E-state index in [1.165, 1.54) is 4.90 Å². The maximum atomic E-state index is 12.5. The Morgan fingerprint density at radius 1 is 1.22 bits per heavy atom. The predicted molar refractivity (Wildman–Crippen MR) is 88.9 cm³/mol. The lowest BCUT2D eigenvalue weighted by molar-refractivity contribution is -0.135. The molecule has 2 aromatic rings. The summed E-state index contributed by atoms with van der Waals surface area (Å²) in [6.45, 7) is 1.93. The van der Waals surface area contributed by atoms with Gasteiger partial charge in [0.05, 0.1) is 12.1 Å². The number of halogens is 1. The molecule has 0 saturated carbocycles. The SMILES string of the molecule is Cc1ccc(C(=O)CC2(O)C(=O)N(C)c3ccc(Cl)cc32)cc1. The van der Waals surface area contributed by atoms with Gasteiger partial charge in [-0.05, 0) is 25.1 Å². The number of Topliss-reactive ketones (excluding diaryl/α,β-unsaturated/α-hetero) is 1. The van der Waals surface area contributed by atoms with Crippen LogP contribution in [0.1, 0.15) is 27.9 Å². The van der Waals surface area contributed by atoms with Crippen molar-refractivity contribution < 1.29 is 14.7 Å². The van der Waals surface area contributed by atoms with E-state index in [1.807, 2.05) is 19.1 Å². The Balaban J connectivity index is 1.98. The van der Waals surface area contributed by atoms with Gasteiger partial charge < -0.3 is 10.0 Å². The highest BCUT2D eigenvalue weighted by atomic mass is 35.5. The zero-order valence-corrected chi connectivity index (χ0v) is 13.6.